The summed E-state index contributed by atoms with van der Waals surface area (Å²) in [5.74, 6) is 1.22. The number of fused-ring (bicyclic) bond motifs is 2. The molecule has 136 valence electrons. The topological polar surface area (TPSA) is 73.3 Å². The number of nitrogens with one attached hydrogen (secondary N) is 1. The number of thiazole rings is 2. The second-order valence-corrected chi connectivity index (χ2v) is 8.83. The number of carbonyl (C=O) groups is 1. The van der Waals surface area contributed by atoms with Crippen LogP contribution in [0.25, 0.3) is 20.1 Å². The van der Waals surface area contributed by atoms with Crippen LogP contribution in [0.1, 0.15) is 15.4 Å². The van der Waals surface area contributed by atoms with Gasteiger partial charge in [0.1, 0.15) is 23.1 Å². The smallest absolute Gasteiger partial charge is 0.269 e. The molecule has 3 aromatic heterocycles. The van der Waals surface area contributed by atoms with Crippen LogP contribution in [0.2, 0.25) is 0 Å². The molecule has 0 atom stereocenters. The number of aryl methyl sites for hydroxylation is 1. The van der Waals surface area contributed by atoms with E-state index >= 15 is 0 Å². The van der Waals surface area contributed by atoms with Crippen LogP contribution in [0, 0.1) is 6.92 Å². The van der Waals surface area contributed by atoms with Gasteiger partial charge < -0.3 is 9.47 Å². The van der Waals surface area contributed by atoms with Crippen molar-refractivity contribution in [2.45, 2.75) is 6.92 Å². The lowest BCUT2D eigenvalue weighted by molar-refractivity contribution is 0.103. The molecule has 1 aliphatic heterocycles. The van der Waals surface area contributed by atoms with Crippen molar-refractivity contribution >= 4 is 55.3 Å². The van der Waals surface area contributed by atoms with Crippen LogP contribution < -0.4 is 14.8 Å². The van der Waals surface area contributed by atoms with E-state index in [1.807, 2.05) is 36.6 Å². The van der Waals surface area contributed by atoms with E-state index in [2.05, 4.69) is 15.3 Å². The van der Waals surface area contributed by atoms with E-state index in [4.69, 9.17) is 9.47 Å². The number of aromatic nitrogens is 2. The molecular formula is C18H13N3O3S3. The molecule has 0 spiro atoms. The van der Waals surface area contributed by atoms with Gasteiger partial charge in [-0.05, 0) is 18.4 Å². The van der Waals surface area contributed by atoms with Gasteiger partial charge in [0.2, 0.25) is 0 Å². The minimum atomic E-state index is -0.191. The second kappa shape index (κ2) is 6.59. The van der Waals surface area contributed by atoms with Crippen molar-refractivity contribution in [1.82, 2.24) is 9.97 Å². The van der Waals surface area contributed by atoms with E-state index in [1.54, 1.807) is 11.3 Å². The van der Waals surface area contributed by atoms with Crippen LogP contribution in [0.15, 0.2) is 29.6 Å². The van der Waals surface area contributed by atoms with Gasteiger partial charge in [0, 0.05) is 12.1 Å². The number of thiophene rings is 1. The van der Waals surface area contributed by atoms with E-state index in [0.717, 1.165) is 25.8 Å². The quantitative estimate of drug-likeness (QED) is 0.520. The third-order valence-corrected chi connectivity index (χ3v) is 7.14. The van der Waals surface area contributed by atoms with Crippen LogP contribution in [0.3, 0.4) is 0 Å². The summed E-state index contributed by atoms with van der Waals surface area (Å²) in [6.07, 6.45) is 0. The van der Waals surface area contributed by atoms with Gasteiger partial charge in [0.15, 0.2) is 16.6 Å². The van der Waals surface area contributed by atoms with Crippen molar-refractivity contribution in [2.24, 2.45) is 0 Å². The SMILES string of the molecule is Cc1nc(-c2cccs2)sc1C(=O)Nc1nc2cc3c(cc2s1)OCCO3. The maximum atomic E-state index is 12.7. The minimum absolute atomic E-state index is 0.191. The van der Waals surface area contributed by atoms with Crippen LogP contribution >= 0.6 is 34.0 Å². The van der Waals surface area contributed by atoms with Crippen molar-refractivity contribution in [1.29, 1.82) is 0 Å². The molecule has 4 aromatic rings. The van der Waals surface area contributed by atoms with Crippen molar-refractivity contribution < 1.29 is 14.3 Å². The highest BCUT2D eigenvalue weighted by atomic mass is 32.1. The largest absolute Gasteiger partial charge is 0.486 e. The Kier molecular flexibility index (Phi) is 4.07. The maximum absolute atomic E-state index is 12.7. The fourth-order valence-electron chi connectivity index (χ4n) is 2.78. The summed E-state index contributed by atoms with van der Waals surface area (Å²) in [4.78, 5) is 23.4. The zero-order valence-corrected chi connectivity index (χ0v) is 16.6. The van der Waals surface area contributed by atoms with Crippen LogP contribution in [-0.2, 0) is 0 Å². The molecule has 1 aromatic carbocycles. The third kappa shape index (κ3) is 3.07. The number of anilines is 1. The molecule has 0 unspecified atom stereocenters. The van der Waals surface area contributed by atoms with Crippen LogP contribution in [-0.4, -0.2) is 29.1 Å². The summed E-state index contributed by atoms with van der Waals surface area (Å²) in [6, 6.07) is 7.74. The summed E-state index contributed by atoms with van der Waals surface area (Å²) in [7, 11) is 0. The Morgan fingerprint density at radius 1 is 1.15 bits per heavy atom. The van der Waals surface area contributed by atoms with Crippen molar-refractivity contribution in [3.63, 3.8) is 0 Å². The van der Waals surface area contributed by atoms with E-state index in [9.17, 15) is 4.79 Å². The molecule has 1 N–H and O–H groups in total. The number of benzene rings is 1. The molecule has 1 amide bonds. The normalized spacial score (nSPS) is 13.1. The van der Waals surface area contributed by atoms with Gasteiger partial charge in [-0.2, -0.15) is 0 Å². The van der Waals surface area contributed by atoms with Crippen molar-refractivity contribution in [2.75, 3.05) is 18.5 Å². The average Bonchev–Trinajstić information content (AvgIpc) is 3.38. The molecule has 0 saturated carbocycles. The monoisotopic (exact) mass is 415 g/mol. The molecule has 0 bridgehead atoms. The number of rotatable bonds is 3. The lowest BCUT2D eigenvalue weighted by Gasteiger charge is -2.17. The van der Waals surface area contributed by atoms with Gasteiger partial charge in [-0.1, -0.05) is 17.4 Å². The van der Waals surface area contributed by atoms with E-state index in [1.165, 1.54) is 22.7 Å². The molecule has 6 nitrogen and oxygen atoms in total. The molecule has 27 heavy (non-hydrogen) atoms. The highest BCUT2D eigenvalue weighted by Gasteiger charge is 2.19. The third-order valence-electron chi connectivity index (χ3n) is 4.01. The van der Waals surface area contributed by atoms with Crippen LogP contribution in [0.4, 0.5) is 5.13 Å². The number of hydrogen-bond acceptors (Lipinski definition) is 8. The van der Waals surface area contributed by atoms with Gasteiger partial charge >= 0.3 is 0 Å². The first-order chi connectivity index (χ1) is 13.2. The Hall–Kier alpha value is -2.49. The first kappa shape index (κ1) is 16.7. The van der Waals surface area contributed by atoms with E-state index in [-0.39, 0.29) is 5.91 Å². The Bertz CT molecular complexity index is 1100. The van der Waals surface area contributed by atoms with Gasteiger partial charge in [-0.15, -0.1) is 22.7 Å². The molecule has 0 radical (unpaired) electrons. The fraction of sp³-hybridized carbons (Fsp3) is 0.167. The Morgan fingerprint density at radius 2 is 1.96 bits per heavy atom. The first-order valence-electron chi connectivity index (χ1n) is 8.20. The summed E-state index contributed by atoms with van der Waals surface area (Å²) in [5.41, 5.74) is 1.50. The second-order valence-electron chi connectivity index (χ2n) is 5.85. The predicted octanol–water partition coefficient (Wildman–Crippen LogP) is 4.81. The maximum Gasteiger partial charge on any atom is 0.269 e. The van der Waals surface area contributed by atoms with Gasteiger partial charge in [0.25, 0.3) is 5.91 Å². The summed E-state index contributed by atoms with van der Waals surface area (Å²) in [6.45, 7) is 2.92. The molecule has 0 fully saturated rings. The Labute approximate surface area is 166 Å². The molecule has 0 aliphatic carbocycles. The van der Waals surface area contributed by atoms with E-state index in [0.29, 0.717) is 34.7 Å². The Balaban J connectivity index is 1.42. The van der Waals surface area contributed by atoms with E-state index < -0.39 is 0 Å². The van der Waals surface area contributed by atoms with Crippen LogP contribution in [0.5, 0.6) is 11.5 Å². The number of nitrogens with zero attached hydrogens (tertiary/aromatic N) is 2. The lowest BCUT2D eigenvalue weighted by Crippen LogP contribution is -2.15. The highest BCUT2D eigenvalue weighted by Crippen LogP contribution is 2.38. The summed E-state index contributed by atoms with van der Waals surface area (Å²) < 4.78 is 12.1. The van der Waals surface area contributed by atoms with Crippen molar-refractivity contribution in [3.05, 3.63) is 40.2 Å². The molecular weight excluding hydrogens is 402 g/mol. The zero-order chi connectivity index (χ0) is 18.4. The number of carbonyl (C=O) groups excluding carboxylic acids is 1. The first-order valence-corrected chi connectivity index (χ1v) is 10.7. The highest BCUT2D eigenvalue weighted by molar-refractivity contribution is 7.23. The molecule has 9 heteroatoms. The Morgan fingerprint density at radius 3 is 2.74 bits per heavy atom. The lowest BCUT2D eigenvalue weighted by atomic mass is 10.3. The number of ether oxygens (including phenoxy) is 2. The number of hydrogen-bond donors (Lipinski definition) is 1. The number of amides is 1. The van der Waals surface area contributed by atoms with Gasteiger partial charge in [0.05, 0.1) is 20.8 Å². The van der Waals surface area contributed by atoms with Gasteiger partial charge in [-0.25, -0.2) is 9.97 Å². The summed E-state index contributed by atoms with van der Waals surface area (Å²) in [5, 5.41) is 6.30. The fourth-order valence-corrected chi connectivity index (χ4v) is 5.41. The summed E-state index contributed by atoms with van der Waals surface area (Å²) >= 11 is 4.42. The molecule has 0 saturated heterocycles. The van der Waals surface area contributed by atoms with Crippen molar-refractivity contribution in [3.8, 4) is 21.4 Å². The van der Waals surface area contributed by atoms with Gasteiger partial charge in [-0.3, -0.25) is 10.1 Å². The average molecular weight is 416 g/mol. The molecule has 1 aliphatic rings. The minimum Gasteiger partial charge on any atom is -0.486 e. The molecule has 4 heterocycles. The zero-order valence-electron chi connectivity index (χ0n) is 14.1. The standard InChI is InChI=1S/C18H13N3O3S3/c1-9-15(27-17(19-9)13-3-2-6-25-13)16(22)21-18-20-10-7-11-12(8-14(10)26-18)24-5-4-23-11/h2-3,6-8H,4-5H2,1H3,(H,20,21,22). The predicted molar refractivity (Wildman–Crippen MR) is 109 cm³/mol. The molecule has 5 rings (SSSR count).